The van der Waals surface area contributed by atoms with E-state index in [4.69, 9.17) is 15.4 Å². The minimum atomic E-state index is -1.06. The van der Waals surface area contributed by atoms with Crippen molar-refractivity contribution in [2.24, 2.45) is 5.73 Å². The molecule has 0 saturated heterocycles. The number of nitrogens with one attached hydrogen (secondary N) is 1. The topological polar surface area (TPSA) is 136 Å². The third-order valence-electron chi connectivity index (χ3n) is 3.44. The molecule has 0 aliphatic rings. The van der Waals surface area contributed by atoms with E-state index >= 15 is 0 Å². The maximum atomic E-state index is 11.9. The van der Waals surface area contributed by atoms with Gasteiger partial charge in [0.25, 0.3) is 0 Å². The van der Waals surface area contributed by atoms with Crippen molar-refractivity contribution in [2.75, 3.05) is 0 Å². The fraction of sp³-hybridized carbons (Fsp3) is 0.412. The predicted molar refractivity (Wildman–Crippen MR) is 91.3 cm³/mol. The van der Waals surface area contributed by atoms with Gasteiger partial charge in [-0.05, 0) is 25.8 Å². The molecule has 2 amide bonds. The number of carboxylic acids is 1. The number of nitrogens with two attached hydrogens (primary N) is 1. The molecule has 0 saturated carbocycles. The maximum Gasteiger partial charge on any atom is 0.303 e. The van der Waals surface area contributed by atoms with Crippen LogP contribution >= 0.6 is 0 Å². The number of aryl methyl sites for hydroxylation is 1. The third kappa shape index (κ3) is 7.03. The second-order valence-electron chi connectivity index (χ2n) is 5.38. The smallest absolute Gasteiger partial charge is 0.303 e. The molecular weight excluding hydrogens is 326 g/mol. The zero-order chi connectivity index (χ0) is 18.8. The van der Waals surface area contributed by atoms with Crippen LogP contribution in [-0.2, 0) is 20.8 Å². The van der Waals surface area contributed by atoms with Crippen molar-refractivity contribution in [3.63, 3.8) is 0 Å². The molecule has 1 aromatic rings. The lowest BCUT2D eigenvalue weighted by Crippen LogP contribution is -2.44. The first-order valence-corrected chi connectivity index (χ1v) is 7.92. The quantitative estimate of drug-likeness (QED) is 0.547. The Bertz CT molecular complexity index is 676. The summed E-state index contributed by atoms with van der Waals surface area (Å²) in [6.07, 6.45) is 5.75. The fourth-order valence-electron chi connectivity index (χ4n) is 2.13. The van der Waals surface area contributed by atoms with Crippen molar-refractivity contribution >= 4 is 23.4 Å². The molecule has 136 valence electrons. The molecule has 1 aromatic heterocycles. The minimum Gasteiger partial charge on any atom is -0.481 e. The molecule has 4 N–H and O–H groups in total. The Hall–Kier alpha value is -2.90. The zero-order valence-electron chi connectivity index (χ0n) is 14.3. The monoisotopic (exact) mass is 349 g/mol. The average Bonchev–Trinajstić information content (AvgIpc) is 3.02. The largest absolute Gasteiger partial charge is 0.481 e. The lowest BCUT2D eigenvalue weighted by Gasteiger charge is -2.14. The number of hydrogen-bond donors (Lipinski definition) is 3. The highest BCUT2D eigenvalue weighted by Crippen LogP contribution is 2.17. The van der Waals surface area contributed by atoms with Gasteiger partial charge >= 0.3 is 5.97 Å². The summed E-state index contributed by atoms with van der Waals surface area (Å²) in [5.41, 5.74) is 6.75. The van der Waals surface area contributed by atoms with Crippen LogP contribution < -0.4 is 11.1 Å². The van der Waals surface area contributed by atoms with E-state index < -0.39 is 23.8 Å². The summed E-state index contributed by atoms with van der Waals surface area (Å²) < 4.78 is 5.20. The van der Waals surface area contributed by atoms with Gasteiger partial charge in [0.15, 0.2) is 0 Å². The molecule has 0 aromatic carbocycles. The van der Waals surface area contributed by atoms with Gasteiger partial charge in [-0.3, -0.25) is 14.4 Å². The number of primary amides is 1. The molecule has 1 heterocycles. The van der Waals surface area contributed by atoms with Crippen LogP contribution in [0.1, 0.15) is 44.6 Å². The molecule has 1 rings (SSSR count). The molecule has 0 aliphatic heterocycles. The first-order chi connectivity index (χ1) is 11.9. The van der Waals surface area contributed by atoms with Crippen molar-refractivity contribution in [1.82, 2.24) is 10.5 Å². The second-order valence-corrected chi connectivity index (χ2v) is 5.38. The van der Waals surface area contributed by atoms with Gasteiger partial charge in [-0.2, -0.15) is 0 Å². The first-order valence-electron chi connectivity index (χ1n) is 7.92. The summed E-state index contributed by atoms with van der Waals surface area (Å²) in [5, 5.41) is 15.0. The van der Waals surface area contributed by atoms with Gasteiger partial charge in [0.1, 0.15) is 17.5 Å². The molecular formula is C17H23N3O5. The Morgan fingerprint density at radius 1 is 1.36 bits per heavy atom. The van der Waals surface area contributed by atoms with Crippen molar-refractivity contribution < 1.29 is 24.0 Å². The number of carboxylic acid groups (broad SMARTS) is 1. The van der Waals surface area contributed by atoms with Crippen molar-refractivity contribution in [3.8, 4) is 0 Å². The Labute approximate surface area is 145 Å². The van der Waals surface area contributed by atoms with Crippen LogP contribution in [0, 0.1) is 0 Å². The Balaban J connectivity index is 2.57. The molecule has 1 atom stereocenters. The number of carbonyl (C=O) groups is 3. The van der Waals surface area contributed by atoms with Gasteiger partial charge in [0, 0.05) is 25.3 Å². The van der Waals surface area contributed by atoms with E-state index in [0.29, 0.717) is 17.9 Å². The Morgan fingerprint density at radius 3 is 2.64 bits per heavy atom. The van der Waals surface area contributed by atoms with Crippen LogP contribution in [0.5, 0.6) is 0 Å². The Kier molecular flexibility index (Phi) is 8.11. The Morgan fingerprint density at radius 2 is 2.08 bits per heavy atom. The number of hydrogen-bond acceptors (Lipinski definition) is 5. The van der Waals surface area contributed by atoms with Crippen LogP contribution in [0.2, 0.25) is 0 Å². The van der Waals surface area contributed by atoms with Gasteiger partial charge in [0.05, 0.1) is 0 Å². The van der Waals surface area contributed by atoms with Gasteiger partial charge in [-0.1, -0.05) is 23.4 Å². The maximum absolute atomic E-state index is 11.9. The lowest BCUT2D eigenvalue weighted by atomic mass is 10.1. The predicted octanol–water partition coefficient (Wildman–Crippen LogP) is 1.42. The number of nitrogens with zero attached hydrogens (tertiary/aromatic N) is 1. The summed E-state index contributed by atoms with van der Waals surface area (Å²) in [7, 11) is 0. The van der Waals surface area contributed by atoms with E-state index in [1.54, 1.807) is 6.07 Å². The fourth-order valence-corrected chi connectivity index (χ4v) is 2.13. The summed E-state index contributed by atoms with van der Waals surface area (Å²) in [6.45, 7) is 3.78. The number of allylic oxidation sites excluding steroid dienone is 4. The van der Waals surface area contributed by atoms with Crippen LogP contribution in [0.25, 0.3) is 5.57 Å². The molecule has 0 unspecified atom stereocenters. The highest BCUT2D eigenvalue weighted by atomic mass is 16.5. The number of aromatic nitrogens is 1. The average molecular weight is 349 g/mol. The first kappa shape index (κ1) is 20.1. The van der Waals surface area contributed by atoms with E-state index in [1.165, 1.54) is 0 Å². The highest BCUT2D eigenvalue weighted by molar-refractivity contribution is 5.87. The van der Waals surface area contributed by atoms with Gasteiger partial charge < -0.3 is 20.7 Å². The highest BCUT2D eigenvalue weighted by Gasteiger charge is 2.19. The molecule has 0 aliphatic carbocycles. The molecule has 0 spiro atoms. The molecule has 0 fully saturated rings. The zero-order valence-corrected chi connectivity index (χ0v) is 14.3. The van der Waals surface area contributed by atoms with Crippen LogP contribution in [-0.4, -0.2) is 34.1 Å². The second kappa shape index (κ2) is 10.1. The normalized spacial score (nSPS) is 13.0. The van der Waals surface area contributed by atoms with Crippen molar-refractivity contribution in [2.45, 2.75) is 45.6 Å². The summed E-state index contributed by atoms with van der Waals surface area (Å²) in [5.74, 6) is -1.70. The van der Waals surface area contributed by atoms with E-state index in [1.807, 2.05) is 32.1 Å². The van der Waals surface area contributed by atoms with Gasteiger partial charge in [0.2, 0.25) is 11.8 Å². The SMILES string of the molecule is C/C=C\C(=C/C)c1cc(CCC(=O)N[C@@H](CCC(=O)O)C(N)=O)on1. The van der Waals surface area contributed by atoms with E-state index in [2.05, 4.69) is 10.5 Å². The summed E-state index contributed by atoms with van der Waals surface area (Å²) in [4.78, 5) is 33.8. The minimum absolute atomic E-state index is 0.0448. The number of aliphatic carboxylic acids is 1. The van der Waals surface area contributed by atoms with Gasteiger partial charge in [-0.15, -0.1) is 0 Å². The van der Waals surface area contributed by atoms with Crippen LogP contribution in [0.3, 0.4) is 0 Å². The lowest BCUT2D eigenvalue weighted by molar-refractivity contribution is -0.137. The summed E-state index contributed by atoms with van der Waals surface area (Å²) in [6, 6.07) is 0.747. The third-order valence-corrected chi connectivity index (χ3v) is 3.44. The van der Waals surface area contributed by atoms with E-state index in [9.17, 15) is 14.4 Å². The molecule has 0 bridgehead atoms. The molecule has 25 heavy (non-hydrogen) atoms. The number of amides is 2. The van der Waals surface area contributed by atoms with E-state index in [-0.39, 0.29) is 19.3 Å². The number of carbonyl (C=O) groups excluding carboxylic acids is 2. The molecule has 8 nitrogen and oxygen atoms in total. The summed E-state index contributed by atoms with van der Waals surface area (Å²) >= 11 is 0. The van der Waals surface area contributed by atoms with Gasteiger partial charge in [-0.25, -0.2) is 0 Å². The van der Waals surface area contributed by atoms with Crippen molar-refractivity contribution in [3.05, 3.63) is 35.7 Å². The van der Waals surface area contributed by atoms with Crippen LogP contribution in [0.15, 0.2) is 28.8 Å². The van der Waals surface area contributed by atoms with E-state index in [0.717, 1.165) is 5.57 Å². The standard InChI is InChI=1S/C17H23N3O5/c1-3-5-11(4-2)14-10-12(25-20-14)6-8-15(21)19-13(17(18)24)7-9-16(22)23/h3-5,10,13H,6-9H2,1-2H3,(H2,18,24)(H,19,21)(H,22,23)/b5-3-,11-4+/t13-/m0/s1. The molecule has 0 radical (unpaired) electrons. The molecule has 8 heteroatoms. The van der Waals surface area contributed by atoms with Crippen molar-refractivity contribution in [1.29, 1.82) is 0 Å². The number of rotatable bonds is 10. The van der Waals surface area contributed by atoms with Crippen LogP contribution in [0.4, 0.5) is 0 Å².